The Labute approximate surface area is 312 Å². The second kappa shape index (κ2) is 14.3. The van der Waals surface area contributed by atoms with Gasteiger partial charge in [0.15, 0.2) is 0 Å². The van der Waals surface area contributed by atoms with Crippen molar-refractivity contribution in [3.05, 3.63) is 145 Å². The molecule has 0 saturated carbocycles. The molecule has 2 aliphatic carbocycles. The third-order valence-electron chi connectivity index (χ3n) is 10.2. The molecule has 4 heteroatoms. The molecule has 0 bridgehead atoms. The summed E-state index contributed by atoms with van der Waals surface area (Å²) in [4.78, 5) is 0. The first-order valence-electron chi connectivity index (χ1n) is 17.2. The van der Waals surface area contributed by atoms with Gasteiger partial charge in [-0.1, -0.05) is 0 Å². The first-order valence-corrected chi connectivity index (χ1v) is 24.3. The predicted molar refractivity (Wildman–Crippen MR) is 201 cm³/mol. The first kappa shape index (κ1) is 38.7. The van der Waals surface area contributed by atoms with Crippen LogP contribution in [0.3, 0.4) is 0 Å². The van der Waals surface area contributed by atoms with Crippen LogP contribution < -0.4 is 28.1 Å². The smallest absolute Gasteiger partial charge is 1.00 e. The third kappa shape index (κ3) is 7.35. The molecule has 0 radical (unpaired) electrons. The maximum atomic E-state index is 2.67. The number of fused-ring (bicyclic) bond motifs is 3. The van der Waals surface area contributed by atoms with Crippen molar-refractivity contribution in [3.63, 3.8) is 0 Å². The zero-order chi connectivity index (χ0) is 33.2. The molecule has 250 valence electrons. The molecule has 0 amide bonds. The fourth-order valence-electron chi connectivity index (χ4n) is 7.71. The van der Waals surface area contributed by atoms with Crippen molar-refractivity contribution in [1.82, 2.24) is 0 Å². The second-order valence-electron chi connectivity index (χ2n) is 16.7. The van der Waals surface area contributed by atoms with Gasteiger partial charge >= 0.3 is 290 Å². The number of hydrogen-bond donors (Lipinski definition) is 0. The van der Waals surface area contributed by atoms with Crippen molar-refractivity contribution < 1.29 is 46.1 Å². The molecule has 1 atom stereocenters. The van der Waals surface area contributed by atoms with E-state index in [1.807, 2.05) is 0 Å². The Morgan fingerprint density at radius 3 is 1.65 bits per heavy atom. The number of benzene rings is 4. The number of rotatable bonds is 5. The van der Waals surface area contributed by atoms with Gasteiger partial charge in [0.1, 0.15) is 0 Å². The zero-order valence-electron chi connectivity index (χ0n) is 30.8. The summed E-state index contributed by atoms with van der Waals surface area (Å²) >= 11 is -2.84. The monoisotopic (exact) mass is 768 g/mol. The van der Waals surface area contributed by atoms with Crippen molar-refractivity contribution in [1.29, 1.82) is 0 Å². The Bertz CT molecular complexity index is 1850. The summed E-state index contributed by atoms with van der Waals surface area (Å²) in [5.74, 6) is 0.466. The van der Waals surface area contributed by atoms with Gasteiger partial charge in [-0.15, -0.1) is 0 Å². The Balaban J connectivity index is 0.00000260. The largest absolute Gasteiger partial charge is 1.00 e. The van der Waals surface area contributed by atoms with Crippen molar-refractivity contribution >= 4 is 14.6 Å². The molecule has 48 heavy (non-hydrogen) atoms. The molecule has 0 N–H and O–H groups in total. The SMILES string of the molecule is CC1=[C]([Zr+2](=[C](c2ccc(C(C)(C)C)cc2)c2ccc(C(C)(C)C)cc2)[c]2cccc3c2Cc2ccccc2-3)C(C)C=C1[Si](C)(C)C.[Cl-].[Cl-]. The minimum Gasteiger partial charge on any atom is -1.00 e. The molecule has 6 rings (SSSR count). The van der Waals surface area contributed by atoms with E-state index in [4.69, 9.17) is 0 Å². The summed E-state index contributed by atoms with van der Waals surface area (Å²) in [6.45, 7) is 26.5. The van der Waals surface area contributed by atoms with Gasteiger partial charge in [-0.3, -0.25) is 0 Å². The van der Waals surface area contributed by atoms with Gasteiger partial charge in [0.05, 0.1) is 0 Å². The van der Waals surface area contributed by atoms with E-state index >= 15 is 0 Å². The maximum absolute atomic E-state index is 2.84. The minimum atomic E-state index is -2.84. The van der Waals surface area contributed by atoms with Crippen LogP contribution in [0.4, 0.5) is 0 Å². The van der Waals surface area contributed by atoms with Crippen LogP contribution in [0.2, 0.25) is 19.6 Å². The van der Waals surface area contributed by atoms with E-state index in [-0.39, 0.29) is 35.6 Å². The van der Waals surface area contributed by atoms with Crippen LogP contribution in [0.1, 0.15) is 88.8 Å². The molecule has 0 fully saturated rings. The third-order valence-corrected chi connectivity index (χ3v) is 20.9. The average Bonchev–Trinajstić information content (AvgIpc) is 3.52. The Kier molecular flexibility index (Phi) is 11.5. The molecular formula is C44H52Cl2SiZr. The molecule has 0 aliphatic heterocycles. The van der Waals surface area contributed by atoms with E-state index in [9.17, 15) is 0 Å². The van der Waals surface area contributed by atoms with Gasteiger partial charge < -0.3 is 24.8 Å². The number of allylic oxidation sites excluding steroid dienone is 4. The van der Waals surface area contributed by atoms with E-state index in [1.54, 1.807) is 26.1 Å². The summed E-state index contributed by atoms with van der Waals surface area (Å²) in [6, 6.07) is 35.8. The molecule has 0 aromatic heterocycles. The number of hydrogen-bond acceptors (Lipinski definition) is 0. The van der Waals surface area contributed by atoms with Crippen LogP contribution in [0.5, 0.6) is 0 Å². The van der Waals surface area contributed by atoms with Crippen molar-refractivity contribution in [3.8, 4) is 11.1 Å². The molecule has 4 aromatic carbocycles. The molecule has 0 heterocycles. The van der Waals surface area contributed by atoms with Gasteiger partial charge in [0.2, 0.25) is 0 Å². The Morgan fingerprint density at radius 1 is 0.667 bits per heavy atom. The summed E-state index contributed by atoms with van der Waals surface area (Å²) in [5.41, 5.74) is 13.4. The quantitative estimate of drug-likeness (QED) is 0.219. The van der Waals surface area contributed by atoms with Gasteiger partial charge in [-0.25, -0.2) is 0 Å². The summed E-state index contributed by atoms with van der Waals surface area (Å²) in [6.07, 6.45) is 3.71. The molecule has 1 unspecified atom stereocenters. The van der Waals surface area contributed by atoms with Crippen LogP contribution in [0.25, 0.3) is 11.1 Å². The van der Waals surface area contributed by atoms with E-state index in [1.165, 1.54) is 38.9 Å². The topological polar surface area (TPSA) is 0 Å². The first-order chi connectivity index (χ1) is 21.6. The predicted octanol–water partition coefficient (Wildman–Crippen LogP) is 5.10. The summed E-state index contributed by atoms with van der Waals surface area (Å²) < 4.78 is 5.07. The van der Waals surface area contributed by atoms with Gasteiger partial charge in [-0.05, 0) is 0 Å². The molecule has 0 spiro atoms. The van der Waals surface area contributed by atoms with E-state index in [0.717, 1.165) is 6.42 Å². The van der Waals surface area contributed by atoms with Crippen molar-refractivity contribution in [2.75, 3.05) is 0 Å². The van der Waals surface area contributed by atoms with Crippen molar-refractivity contribution in [2.45, 2.75) is 92.3 Å². The average molecular weight is 771 g/mol. The molecule has 4 aromatic rings. The summed E-state index contributed by atoms with van der Waals surface area (Å²) in [5, 5.41) is 1.68. The normalized spacial score (nSPS) is 15.5. The summed E-state index contributed by atoms with van der Waals surface area (Å²) in [7, 11) is -1.51. The van der Waals surface area contributed by atoms with Crippen LogP contribution >= 0.6 is 0 Å². The van der Waals surface area contributed by atoms with Crippen LogP contribution in [0, 0.1) is 5.92 Å². The zero-order valence-corrected chi connectivity index (χ0v) is 35.7. The standard InChI is InChI=1S/C21H26.C13H9.C10H17Si.2ClH.Zr/c1-20(2,3)18-11-7-16(8-12-18)15-17-9-13-19(14-10-17)21(4,5)6;1-3-7-12-10(5-1)9-11-6-2-4-8-13(11)12;1-8-6-9(2)10(7-8)11(3,4)5;;;/h7-14H,1-6H3;1-5,7-8H,9H2;7-8H,1-5H3;2*1H;/q;;;;;+2/p-2. The Morgan fingerprint density at radius 2 is 1.17 bits per heavy atom. The van der Waals surface area contributed by atoms with Gasteiger partial charge in [0.25, 0.3) is 0 Å². The van der Waals surface area contributed by atoms with Crippen molar-refractivity contribution in [2.24, 2.45) is 5.92 Å². The van der Waals surface area contributed by atoms with E-state index < -0.39 is 29.3 Å². The molecule has 0 nitrogen and oxygen atoms in total. The number of halogens is 2. The van der Waals surface area contributed by atoms with Gasteiger partial charge in [-0.2, -0.15) is 0 Å². The maximum Gasteiger partial charge on any atom is -1.00 e. The fraction of sp³-hybridized carbons (Fsp3) is 0.341. The molecule has 2 aliphatic rings. The van der Waals surface area contributed by atoms with E-state index in [2.05, 4.69) is 172 Å². The van der Waals surface area contributed by atoms with Crippen LogP contribution in [0.15, 0.2) is 111 Å². The fourth-order valence-corrected chi connectivity index (χ4v) is 18.8. The minimum absolute atomic E-state index is 0. The van der Waals surface area contributed by atoms with Crippen LogP contribution in [-0.4, -0.2) is 11.3 Å². The van der Waals surface area contributed by atoms with Crippen LogP contribution in [-0.2, 0) is 38.5 Å². The Hall–Kier alpha value is -2.09. The van der Waals surface area contributed by atoms with E-state index in [0.29, 0.717) is 5.92 Å². The second-order valence-corrected chi connectivity index (χ2v) is 27.5. The van der Waals surface area contributed by atoms with Gasteiger partial charge in [0, 0.05) is 0 Å². The molecular weight excluding hydrogens is 719 g/mol. The molecule has 0 saturated heterocycles.